The minimum Gasteiger partial charge on any atom is -0.479 e. The van der Waals surface area contributed by atoms with E-state index in [9.17, 15) is 34.8 Å². The second-order valence-electron chi connectivity index (χ2n) is 19.1. The van der Waals surface area contributed by atoms with Crippen LogP contribution in [0.2, 0.25) is 0 Å². The number of unbranched alkanes of at least 4 members (excludes halogenated alkanes) is 32. The second kappa shape index (κ2) is 45.2. The fourth-order valence-corrected chi connectivity index (χ4v) is 8.50. The van der Waals surface area contributed by atoms with Gasteiger partial charge < -0.3 is 39.4 Å². The molecule has 11 nitrogen and oxygen atoms in total. The van der Waals surface area contributed by atoms with Crippen molar-refractivity contribution >= 4 is 17.9 Å². The molecule has 1 fully saturated rings. The molecule has 6 atom stereocenters. The van der Waals surface area contributed by atoms with Gasteiger partial charge in [0.15, 0.2) is 18.5 Å². The molecule has 0 aromatic carbocycles. The summed E-state index contributed by atoms with van der Waals surface area (Å²) in [6.07, 6.45) is 43.8. The maximum absolute atomic E-state index is 12.9. The molecule has 1 saturated heterocycles. The molecular formula is C55H100O11. The summed E-state index contributed by atoms with van der Waals surface area (Å²) >= 11 is 0. The van der Waals surface area contributed by atoms with Crippen LogP contribution in [0.1, 0.15) is 258 Å². The van der Waals surface area contributed by atoms with Crippen LogP contribution in [-0.2, 0) is 33.3 Å². The molecule has 0 aromatic rings. The highest BCUT2D eigenvalue weighted by atomic mass is 16.7. The number of hydrogen-bond acceptors (Lipinski definition) is 10. The molecule has 1 heterocycles. The van der Waals surface area contributed by atoms with E-state index in [0.29, 0.717) is 12.8 Å². The highest BCUT2D eigenvalue weighted by Gasteiger charge is 2.47. The lowest BCUT2D eigenvalue weighted by atomic mass is 9.99. The molecule has 1 aliphatic rings. The number of esters is 2. The molecule has 11 heteroatoms. The van der Waals surface area contributed by atoms with Crippen LogP contribution < -0.4 is 0 Å². The van der Waals surface area contributed by atoms with Crippen molar-refractivity contribution in [2.45, 2.75) is 295 Å². The van der Waals surface area contributed by atoms with Crippen molar-refractivity contribution in [3.63, 3.8) is 0 Å². The molecule has 0 radical (unpaired) electrons. The highest BCUT2D eigenvalue weighted by molar-refractivity contribution is 5.73. The number of carboxylic acid groups (broad SMARTS) is 1. The standard InChI is InChI=1S/C55H100O11/c1-3-5-7-9-11-13-15-17-19-21-22-23-24-25-26-27-28-30-32-34-36-38-40-42-44-49(57)65-47(46-64-55-52(60)50(58)51(59)53(66-55)54(61)62)45-63-48(56)43-41-39-37-35-33-31-29-20-18-16-14-12-10-8-6-4-2/h14,16,20,29,47,50-53,55,58-60H,3-13,15,17-19,21-28,30-46H2,1-2H3,(H,61,62)/b16-14-,29-20-. The van der Waals surface area contributed by atoms with E-state index in [2.05, 4.69) is 38.2 Å². The number of ether oxygens (including phenoxy) is 4. The summed E-state index contributed by atoms with van der Waals surface area (Å²) in [5.41, 5.74) is 0. The number of allylic oxidation sites excluding steroid dienone is 4. The van der Waals surface area contributed by atoms with Crippen LogP contribution in [0.5, 0.6) is 0 Å². The molecule has 0 bridgehead atoms. The van der Waals surface area contributed by atoms with E-state index in [1.807, 2.05) is 0 Å². The van der Waals surface area contributed by atoms with Gasteiger partial charge in [-0.15, -0.1) is 0 Å². The number of carbonyl (C=O) groups is 3. The lowest BCUT2D eigenvalue weighted by Crippen LogP contribution is -2.60. The van der Waals surface area contributed by atoms with Crippen LogP contribution in [0.4, 0.5) is 0 Å². The Balaban J connectivity index is 2.24. The van der Waals surface area contributed by atoms with Crippen molar-refractivity contribution in [1.29, 1.82) is 0 Å². The SMILES string of the molecule is CCCCCC/C=C\C/C=C\CCCCCCCC(=O)OCC(COC1OC(C(=O)O)C(O)C(O)C1O)OC(=O)CCCCCCCCCCCCCCCCCCCCCCCCCC. The molecule has 4 N–H and O–H groups in total. The Kier molecular flexibility index (Phi) is 42.2. The Labute approximate surface area is 402 Å². The molecule has 0 spiro atoms. The summed E-state index contributed by atoms with van der Waals surface area (Å²) in [7, 11) is 0. The molecule has 6 unspecified atom stereocenters. The normalized spacial score (nSPS) is 19.2. The van der Waals surface area contributed by atoms with E-state index < -0.39 is 54.7 Å². The topological polar surface area (TPSA) is 169 Å². The monoisotopic (exact) mass is 937 g/mol. The zero-order valence-electron chi connectivity index (χ0n) is 42.2. The minimum absolute atomic E-state index is 0.185. The molecule has 0 saturated carbocycles. The molecule has 0 aliphatic carbocycles. The van der Waals surface area contributed by atoms with Crippen LogP contribution in [0.15, 0.2) is 24.3 Å². The first-order valence-electron chi connectivity index (χ1n) is 27.4. The van der Waals surface area contributed by atoms with Gasteiger partial charge in [0.25, 0.3) is 0 Å². The van der Waals surface area contributed by atoms with Gasteiger partial charge in [0.05, 0.1) is 6.61 Å². The van der Waals surface area contributed by atoms with Gasteiger partial charge in [0, 0.05) is 12.8 Å². The van der Waals surface area contributed by atoms with Gasteiger partial charge in [-0.2, -0.15) is 0 Å². The highest BCUT2D eigenvalue weighted by Crippen LogP contribution is 2.23. The molecule has 1 aliphatic heterocycles. The molecule has 0 amide bonds. The van der Waals surface area contributed by atoms with Crippen LogP contribution >= 0.6 is 0 Å². The Morgan fingerprint density at radius 2 is 0.848 bits per heavy atom. The first-order valence-corrected chi connectivity index (χ1v) is 27.4. The summed E-state index contributed by atoms with van der Waals surface area (Å²) in [6.45, 7) is 3.83. The Bertz CT molecular complexity index is 1190. The smallest absolute Gasteiger partial charge is 0.335 e. The quantitative estimate of drug-likeness (QED) is 0.0260. The summed E-state index contributed by atoms with van der Waals surface area (Å²) < 4.78 is 21.8. The summed E-state index contributed by atoms with van der Waals surface area (Å²) in [6, 6.07) is 0. The fourth-order valence-electron chi connectivity index (χ4n) is 8.50. The minimum atomic E-state index is -1.86. The lowest BCUT2D eigenvalue weighted by Gasteiger charge is -2.38. The Morgan fingerprint density at radius 1 is 0.470 bits per heavy atom. The Morgan fingerprint density at radius 3 is 1.27 bits per heavy atom. The van der Waals surface area contributed by atoms with Gasteiger partial charge in [0.1, 0.15) is 24.9 Å². The van der Waals surface area contributed by atoms with Gasteiger partial charge in [-0.25, -0.2) is 4.79 Å². The maximum Gasteiger partial charge on any atom is 0.335 e. The fraction of sp³-hybridized carbons (Fsp3) is 0.873. The maximum atomic E-state index is 12.9. The van der Waals surface area contributed by atoms with E-state index in [0.717, 1.165) is 57.8 Å². The van der Waals surface area contributed by atoms with Gasteiger partial charge in [-0.1, -0.05) is 224 Å². The molecule has 66 heavy (non-hydrogen) atoms. The number of aliphatic hydroxyl groups is 3. The zero-order valence-corrected chi connectivity index (χ0v) is 42.2. The number of rotatable bonds is 47. The van der Waals surface area contributed by atoms with Gasteiger partial charge in [-0.3, -0.25) is 9.59 Å². The van der Waals surface area contributed by atoms with Gasteiger partial charge >= 0.3 is 17.9 Å². The van der Waals surface area contributed by atoms with Crippen molar-refractivity contribution in [2.75, 3.05) is 13.2 Å². The van der Waals surface area contributed by atoms with E-state index in [4.69, 9.17) is 18.9 Å². The van der Waals surface area contributed by atoms with E-state index >= 15 is 0 Å². The molecule has 0 aromatic heterocycles. The number of carboxylic acids is 1. The number of aliphatic carboxylic acids is 1. The van der Waals surface area contributed by atoms with Crippen LogP contribution in [0, 0.1) is 0 Å². The largest absolute Gasteiger partial charge is 0.479 e. The Hall–Kier alpha value is -2.31. The van der Waals surface area contributed by atoms with Crippen molar-refractivity contribution in [3.05, 3.63) is 24.3 Å². The van der Waals surface area contributed by atoms with E-state index in [-0.39, 0.29) is 26.1 Å². The second-order valence-corrected chi connectivity index (χ2v) is 19.1. The van der Waals surface area contributed by atoms with Gasteiger partial charge in [0.2, 0.25) is 0 Å². The third-order valence-corrected chi connectivity index (χ3v) is 12.8. The van der Waals surface area contributed by atoms with E-state index in [1.165, 1.54) is 161 Å². The van der Waals surface area contributed by atoms with Gasteiger partial charge in [-0.05, 0) is 44.9 Å². The van der Waals surface area contributed by atoms with Crippen molar-refractivity contribution < 1.29 is 53.8 Å². The van der Waals surface area contributed by atoms with E-state index in [1.54, 1.807) is 0 Å². The zero-order chi connectivity index (χ0) is 48.1. The predicted molar refractivity (Wildman–Crippen MR) is 266 cm³/mol. The van der Waals surface area contributed by atoms with Crippen LogP contribution in [0.3, 0.4) is 0 Å². The molecule has 1 rings (SSSR count). The van der Waals surface area contributed by atoms with Crippen molar-refractivity contribution in [2.24, 2.45) is 0 Å². The molecule has 386 valence electrons. The number of aliphatic hydroxyl groups excluding tert-OH is 3. The van der Waals surface area contributed by atoms with Crippen molar-refractivity contribution in [3.8, 4) is 0 Å². The third kappa shape index (κ3) is 35.8. The van der Waals surface area contributed by atoms with Crippen LogP contribution in [-0.4, -0.2) is 88.4 Å². The third-order valence-electron chi connectivity index (χ3n) is 12.8. The van der Waals surface area contributed by atoms with Crippen molar-refractivity contribution in [1.82, 2.24) is 0 Å². The summed E-state index contributed by atoms with van der Waals surface area (Å²) in [4.78, 5) is 37.0. The summed E-state index contributed by atoms with van der Waals surface area (Å²) in [5.74, 6) is -2.44. The summed E-state index contributed by atoms with van der Waals surface area (Å²) in [5, 5.41) is 40.0. The average molecular weight is 937 g/mol. The van der Waals surface area contributed by atoms with Crippen LogP contribution in [0.25, 0.3) is 0 Å². The molecular weight excluding hydrogens is 837 g/mol. The first kappa shape index (κ1) is 61.7. The number of carbonyl (C=O) groups excluding carboxylic acids is 2. The predicted octanol–water partition coefficient (Wildman–Crippen LogP) is 13.3. The lowest BCUT2D eigenvalue weighted by molar-refractivity contribution is -0.298. The average Bonchev–Trinajstić information content (AvgIpc) is 3.30. The number of hydrogen-bond donors (Lipinski definition) is 4. The first-order chi connectivity index (χ1) is 32.2.